The molecule has 1 aliphatic rings. The van der Waals surface area contributed by atoms with Crippen LogP contribution in [0.1, 0.15) is 29.7 Å². The number of likely N-dealkylation sites (tertiary alicyclic amines) is 1. The van der Waals surface area contributed by atoms with Crippen LogP contribution in [-0.4, -0.2) is 24.5 Å². The molecule has 84 valence electrons. The van der Waals surface area contributed by atoms with Gasteiger partial charge in [0.25, 0.3) is 0 Å². The Kier molecular flexibility index (Phi) is 4.31. The molecule has 0 aromatic carbocycles. The fourth-order valence-corrected chi connectivity index (χ4v) is 4.91. The lowest BCUT2D eigenvalue weighted by molar-refractivity contribution is 0.232. The van der Waals surface area contributed by atoms with Crippen LogP contribution in [0.4, 0.5) is 0 Å². The highest BCUT2D eigenvalue weighted by atomic mass is 32.9. The molecule has 1 aromatic heterocycles. The van der Waals surface area contributed by atoms with Gasteiger partial charge in [0, 0.05) is 11.4 Å². The molecule has 0 radical (unpaired) electrons. The molecule has 1 aliphatic heterocycles. The first kappa shape index (κ1) is 11.7. The van der Waals surface area contributed by atoms with Gasteiger partial charge >= 0.3 is 0 Å². The zero-order chi connectivity index (χ0) is 10.7. The molecule has 2 rings (SSSR count). The van der Waals surface area contributed by atoms with E-state index >= 15 is 0 Å². The van der Waals surface area contributed by atoms with Crippen molar-refractivity contribution in [2.24, 2.45) is 0 Å². The summed E-state index contributed by atoms with van der Waals surface area (Å²) in [6.07, 6.45) is 5.40. The Balaban J connectivity index is 1.87. The maximum absolute atomic E-state index is 5.26. The lowest BCUT2D eigenvalue weighted by Crippen LogP contribution is -2.31. The van der Waals surface area contributed by atoms with Gasteiger partial charge in [0.1, 0.15) is 3.82 Å². The third kappa shape index (κ3) is 3.09. The standard InChI is InChI=1S/C11H17NS3/c1-9-10(14-15-11(9)13)5-8-12-6-3-2-4-7-12/h2-8H2,1H3. The second-order valence-corrected chi connectivity index (χ2v) is 7.06. The summed E-state index contributed by atoms with van der Waals surface area (Å²) in [7, 11) is 3.63. The first-order chi connectivity index (χ1) is 7.27. The van der Waals surface area contributed by atoms with Gasteiger partial charge in [-0.1, -0.05) is 39.3 Å². The molecule has 1 nitrogen and oxygen atoms in total. The van der Waals surface area contributed by atoms with Gasteiger partial charge in [0.2, 0.25) is 0 Å². The number of hydrogen-bond donors (Lipinski definition) is 0. The summed E-state index contributed by atoms with van der Waals surface area (Å²) in [4.78, 5) is 4.10. The van der Waals surface area contributed by atoms with Gasteiger partial charge < -0.3 is 4.90 Å². The Morgan fingerprint density at radius 3 is 2.53 bits per heavy atom. The average molecular weight is 259 g/mol. The summed E-state index contributed by atoms with van der Waals surface area (Å²) in [5.41, 5.74) is 1.36. The van der Waals surface area contributed by atoms with Gasteiger partial charge in [0.05, 0.1) is 0 Å². The van der Waals surface area contributed by atoms with Crippen molar-refractivity contribution >= 4 is 32.9 Å². The van der Waals surface area contributed by atoms with Gasteiger partial charge in [0.15, 0.2) is 0 Å². The van der Waals surface area contributed by atoms with Gasteiger partial charge in [-0.2, -0.15) is 0 Å². The van der Waals surface area contributed by atoms with E-state index in [1.165, 1.54) is 55.8 Å². The van der Waals surface area contributed by atoms with E-state index in [0.717, 1.165) is 3.82 Å². The molecule has 0 atom stereocenters. The number of nitrogens with zero attached hydrogens (tertiary/aromatic N) is 1. The second-order valence-electron chi connectivity index (χ2n) is 4.15. The molecular weight excluding hydrogens is 242 g/mol. The molecule has 0 amide bonds. The van der Waals surface area contributed by atoms with E-state index < -0.39 is 0 Å². The van der Waals surface area contributed by atoms with Crippen molar-refractivity contribution in [1.82, 2.24) is 4.90 Å². The molecule has 1 saturated heterocycles. The van der Waals surface area contributed by atoms with Crippen molar-refractivity contribution in [1.29, 1.82) is 0 Å². The Hall–Kier alpha value is 0.230. The quantitative estimate of drug-likeness (QED) is 0.599. The predicted molar refractivity (Wildman–Crippen MR) is 71.8 cm³/mol. The van der Waals surface area contributed by atoms with E-state index in [9.17, 15) is 0 Å². The van der Waals surface area contributed by atoms with Crippen LogP contribution in [0.25, 0.3) is 0 Å². The number of rotatable bonds is 3. The van der Waals surface area contributed by atoms with Crippen LogP contribution in [-0.2, 0) is 6.42 Å². The topological polar surface area (TPSA) is 3.24 Å². The summed E-state index contributed by atoms with van der Waals surface area (Å²) in [6, 6.07) is 0. The predicted octanol–water partition coefficient (Wildman–Crippen LogP) is 3.88. The molecule has 1 fully saturated rings. The molecule has 0 saturated carbocycles. The number of hydrogen-bond acceptors (Lipinski definition) is 4. The molecule has 0 spiro atoms. The Morgan fingerprint density at radius 2 is 1.93 bits per heavy atom. The molecule has 0 N–H and O–H groups in total. The first-order valence-electron chi connectivity index (χ1n) is 5.58. The normalized spacial score (nSPS) is 18.2. The van der Waals surface area contributed by atoms with E-state index in [-0.39, 0.29) is 0 Å². The van der Waals surface area contributed by atoms with Crippen LogP contribution in [0.3, 0.4) is 0 Å². The smallest absolute Gasteiger partial charge is 0.105 e. The maximum atomic E-state index is 5.26. The molecule has 4 heteroatoms. The molecule has 2 heterocycles. The van der Waals surface area contributed by atoms with Crippen LogP contribution >= 0.6 is 32.9 Å². The Morgan fingerprint density at radius 1 is 1.20 bits per heavy atom. The number of piperidine rings is 1. The average Bonchev–Trinajstić information content (AvgIpc) is 2.59. The zero-order valence-corrected chi connectivity index (χ0v) is 11.6. The highest BCUT2D eigenvalue weighted by Crippen LogP contribution is 2.24. The minimum Gasteiger partial charge on any atom is -0.303 e. The highest BCUT2D eigenvalue weighted by Gasteiger charge is 2.11. The van der Waals surface area contributed by atoms with Crippen LogP contribution in [0.2, 0.25) is 0 Å². The second kappa shape index (κ2) is 5.53. The van der Waals surface area contributed by atoms with Crippen LogP contribution < -0.4 is 0 Å². The van der Waals surface area contributed by atoms with E-state index in [4.69, 9.17) is 12.2 Å². The summed E-state index contributed by atoms with van der Waals surface area (Å²) in [5.74, 6) is 0. The zero-order valence-electron chi connectivity index (χ0n) is 9.12. The van der Waals surface area contributed by atoms with Crippen LogP contribution in [0, 0.1) is 10.7 Å². The largest absolute Gasteiger partial charge is 0.303 e. The summed E-state index contributed by atoms with van der Waals surface area (Å²) in [6.45, 7) is 5.99. The molecule has 15 heavy (non-hydrogen) atoms. The monoisotopic (exact) mass is 259 g/mol. The summed E-state index contributed by atoms with van der Waals surface area (Å²) < 4.78 is 1.09. The molecular formula is C11H17NS3. The van der Waals surface area contributed by atoms with Crippen molar-refractivity contribution in [2.45, 2.75) is 32.6 Å². The van der Waals surface area contributed by atoms with Crippen molar-refractivity contribution in [3.63, 3.8) is 0 Å². The van der Waals surface area contributed by atoms with Crippen molar-refractivity contribution in [3.8, 4) is 0 Å². The molecule has 1 aromatic rings. The first-order valence-corrected chi connectivity index (χ1v) is 8.14. The van der Waals surface area contributed by atoms with E-state index in [1.807, 2.05) is 10.3 Å². The van der Waals surface area contributed by atoms with E-state index in [2.05, 4.69) is 11.8 Å². The van der Waals surface area contributed by atoms with Crippen molar-refractivity contribution < 1.29 is 0 Å². The fourth-order valence-electron chi connectivity index (χ4n) is 2.00. The fraction of sp³-hybridized carbons (Fsp3) is 0.727. The highest BCUT2D eigenvalue weighted by molar-refractivity contribution is 7.79. The molecule has 0 unspecified atom stereocenters. The molecule has 0 aliphatic carbocycles. The van der Waals surface area contributed by atoms with Gasteiger partial charge in [-0.05, 0) is 44.8 Å². The third-order valence-corrected chi connectivity index (χ3v) is 6.52. The minimum absolute atomic E-state index is 1.09. The molecule has 0 bridgehead atoms. The van der Waals surface area contributed by atoms with Crippen LogP contribution in [0.15, 0.2) is 0 Å². The lowest BCUT2D eigenvalue weighted by Gasteiger charge is -2.26. The van der Waals surface area contributed by atoms with Crippen LogP contribution in [0.5, 0.6) is 0 Å². The van der Waals surface area contributed by atoms with E-state index in [0.29, 0.717) is 0 Å². The summed E-state index contributed by atoms with van der Waals surface area (Å²) >= 11 is 5.26. The van der Waals surface area contributed by atoms with Crippen molar-refractivity contribution in [2.75, 3.05) is 19.6 Å². The van der Waals surface area contributed by atoms with Gasteiger partial charge in [-0.3, -0.25) is 0 Å². The summed E-state index contributed by atoms with van der Waals surface area (Å²) in [5, 5.41) is 0. The third-order valence-electron chi connectivity index (χ3n) is 3.05. The lowest BCUT2D eigenvalue weighted by atomic mass is 10.1. The minimum atomic E-state index is 1.09. The Labute approximate surface area is 104 Å². The van der Waals surface area contributed by atoms with Crippen molar-refractivity contribution in [3.05, 3.63) is 14.3 Å². The van der Waals surface area contributed by atoms with Gasteiger partial charge in [-0.15, -0.1) is 0 Å². The SMILES string of the molecule is Cc1c(CCN2CCCCC2)ssc1=S. The van der Waals surface area contributed by atoms with Gasteiger partial charge in [-0.25, -0.2) is 0 Å². The maximum Gasteiger partial charge on any atom is 0.105 e. The Bertz CT molecular complexity index is 360. The van der Waals surface area contributed by atoms with E-state index in [1.54, 1.807) is 10.3 Å².